The van der Waals surface area contributed by atoms with Crippen molar-refractivity contribution >= 4 is 52.2 Å². The Balaban J connectivity index is 1.92. The van der Waals surface area contributed by atoms with Gasteiger partial charge in [0.05, 0.1) is 5.25 Å². The number of Topliss-reactive ketones (excluding diaryl/α,β-unsaturated/α-hetero) is 1. The Labute approximate surface area is 147 Å². The zero-order valence-corrected chi connectivity index (χ0v) is 15.5. The van der Waals surface area contributed by atoms with Crippen molar-refractivity contribution in [3.8, 4) is 0 Å². The van der Waals surface area contributed by atoms with Gasteiger partial charge in [0, 0.05) is 11.3 Å². The molecule has 0 aliphatic carbocycles. The van der Waals surface area contributed by atoms with E-state index in [0.717, 1.165) is 14.4 Å². The maximum absolute atomic E-state index is 12.2. The molecular weight excluding hydrogens is 350 g/mol. The lowest BCUT2D eigenvalue weighted by Gasteiger charge is -2.10. The van der Waals surface area contributed by atoms with Crippen LogP contribution in [0.5, 0.6) is 0 Å². The first-order valence-corrected chi connectivity index (χ1v) is 9.72. The van der Waals surface area contributed by atoms with Gasteiger partial charge in [-0.3, -0.25) is 9.59 Å². The second-order valence-electron chi connectivity index (χ2n) is 4.65. The van der Waals surface area contributed by atoms with Gasteiger partial charge < -0.3 is 5.32 Å². The average molecular weight is 368 g/mol. The predicted octanol–water partition coefficient (Wildman–Crippen LogP) is 3.97. The smallest absolute Gasteiger partial charge is 0.237 e. The quantitative estimate of drug-likeness (QED) is 0.590. The van der Waals surface area contributed by atoms with Gasteiger partial charge in [-0.15, -0.1) is 10.2 Å². The third-order valence-corrected chi connectivity index (χ3v) is 5.98. The van der Waals surface area contributed by atoms with Crippen molar-refractivity contribution in [2.75, 3.05) is 11.1 Å². The molecule has 0 saturated heterocycles. The maximum atomic E-state index is 12.2. The Hall–Kier alpha value is -1.38. The predicted molar refractivity (Wildman–Crippen MR) is 96.7 cm³/mol. The minimum absolute atomic E-state index is 0.00354. The largest absolute Gasteiger partial charge is 0.325 e. The van der Waals surface area contributed by atoms with Gasteiger partial charge in [-0.25, -0.2) is 0 Å². The lowest BCUT2D eigenvalue weighted by Crippen LogP contribution is -2.22. The Kier molecular flexibility index (Phi) is 6.61. The van der Waals surface area contributed by atoms with Crippen LogP contribution in [0.1, 0.15) is 31.1 Å². The van der Waals surface area contributed by atoms with Gasteiger partial charge in [-0.2, -0.15) is 0 Å². The summed E-state index contributed by atoms with van der Waals surface area (Å²) in [6.07, 6.45) is 0. The number of amides is 1. The Morgan fingerprint density at radius 1 is 1.22 bits per heavy atom. The molecule has 0 aliphatic heterocycles. The summed E-state index contributed by atoms with van der Waals surface area (Å²) in [5, 5.41) is 10.7. The molecule has 1 N–H and O–H groups in total. The molecule has 0 unspecified atom stereocenters. The van der Waals surface area contributed by atoms with E-state index in [9.17, 15) is 9.59 Å². The molecule has 0 radical (unpaired) electrons. The molecule has 5 nitrogen and oxygen atoms in total. The fourth-order valence-corrected chi connectivity index (χ4v) is 4.72. The van der Waals surface area contributed by atoms with Gasteiger partial charge in [-0.05, 0) is 43.9 Å². The number of nitrogens with zero attached hydrogens (tertiary/aromatic N) is 2. The van der Waals surface area contributed by atoms with Crippen LogP contribution in [-0.4, -0.2) is 32.9 Å². The lowest BCUT2D eigenvalue weighted by molar-refractivity contribution is -0.115. The molecule has 2 rings (SSSR count). The lowest BCUT2D eigenvalue weighted by atomic mass is 10.1. The molecule has 1 aromatic carbocycles. The topological polar surface area (TPSA) is 72.0 Å². The molecule has 1 atom stereocenters. The number of hydrogen-bond acceptors (Lipinski definition) is 7. The van der Waals surface area contributed by atoms with E-state index in [-0.39, 0.29) is 16.9 Å². The highest BCUT2D eigenvalue weighted by atomic mass is 32.2. The summed E-state index contributed by atoms with van der Waals surface area (Å²) in [6, 6.07) is 6.86. The molecule has 1 aromatic heterocycles. The zero-order chi connectivity index (χ0) is 16.8. The summed E-state index contributed by atoms with van der Waals surface area (Å²) in [4.78, 5) is 23.5. The van der Waals surface area contributed by atoms with Crippen molar-refractivity contribution in [3.63, 3.8) is 0 Å². The molecule has 0 aliphatic rings. The molecule has 0 spiro atoms. The third-order valence-electron chi connectivity index (χ3n) is 2.86. The average Bonchev–Trinajstić information content (AvgIpc) is 2.95. The van der Waals surface area contributed by atoms with Crippen LogP contribution >= 0.6 is 34.9 Å². The highest BCUT2D eigenvalue weighted by Crippen LogP contribution is 2.31. The maximum Gasteiger partial charge on any atom is 0.237 e. The summed E-state index contributed by atoms with van der Waals surface area (Å²) >= 11 is 4.53. The van der Waals surface area contributed by atoms with Crippen LogP contribution in [0.25, 0.3) is 0 Å². The monoisotopic (exact) mass is 367 g/mol. The number of carbonyl (C=O) groups excluding carboxylic acids is 2. The molecule has 0 bridgehead atoms. The standard InChI is InChI=1S/C15H17N3O2S3/c1-4-21-14-17-18-15(23-14)22-10(3)13(20)16-12-7-5-11(6-8-12)9(2)19/h5-8,10H,4H2,1-3H3,(H,16,20)/t10-/m1/s1. The normalized spacial score (nSPS) is 12.0. The van der Waals surface area contributed by atoms with Crippen LogP contribution in [0.3, 0.4) is 0 Å². The highest BCUT2D eigenvalue weighted by molar-refractivity contribution is 8.03. The van der Waals surface area contributed by atoms with E-state index in [1.54, 1.807) is 36.0 Å². The summed E-state index contributed by atoms with van der Waals surface area (Å²) in [5.74, 6) is 0.847. The third kappa shape index (κ3) is 5.33. The molecule has 8 heteroatoms. The van der Waals surface area contributed by atoms with Crippen LogP contribution in [-0.2, 0) is 4.79 Å². The van der Waals surface area contributed by atoms with Gasteiger partial charge in [-0.1, -0.05) is 41.8 Å². The van der Waals surface area contributed by atoms with Crippen LogP contribution in [0.2, 0.25) is 0 Å². The second kappa shape index (κ2) is 8.47. The molecule has 1 heterocycles. The first kappa shape index (κ1) is 18.0. The number of hydrogen-bond donors (Lipinski definition) is 1. The summed E-state index contributed by atoms with van der Waals surface area (Å²) < 4.78 is 1.71. The SMILES string of the molecule is CCSc1nnc(S[C@H](C)C(=O)Nc2ccc(C(C)=O)cc2)s1. The van der Waals surface area contributed by atoms with Crippen LogP contribution in [0.4, 0.5) is 5.69 Å². The van der Waals surface area contributed by atoms with Gasteiger partial charge in [0.2, 0.25) is 5.91 Å². The molecule has 2 aromatic rings. The van der Waals surface area contributed by atoms with Crippen molar-refractivity contribution < 1.29 is 9.59 Å². The van der Waals surface area contributed by atoms with E-state index in [4.69, 9.17) is 0 Å². The van der Waals surface area contributed by atoms with Gasteiger partial charge in [0.1, 0.15) is 0 Å². The van der Waals surface area contributed by atoms with E-state index in [1.807, 2.05) is 6.92 Å². The summed E-state index contributed by atoms with van der Waals surface area (Å²) in [5.41, 5.74) is 1.30. The number of nitrogens with one attached hydrogen (secondary N) is 1. The second-order valence-corrected chi connectivity index (χ2v) is 8.73. The fraction of sp³-hybridized carbons (Fsp3) is 0.333. The zero-order valence-electron chi connectivity index (χ0n) is 13.0. The molecule has 122 valence electrons. The minimum atomic E-state index is -0.282. The van der Waals surface area contributed by atoms with Gasteiger partial charge in [0.15, 0.2) is 14.5 Å². The number of rotatable bonds is 7. The number of anilines is 1. The van der Waals surface area contributed by atoms with Crippen molar-refractivity contribution in [2.24, 2.45) is 0 Å². The fourth-order valence-electron chi connectivity index (χ4n) is 1.66. The van der Waals surface area contributed by atoms with Crippen molar-refractivity contribution in [1.29, 1.82) is 0 Å². The molecular formula is C15H17N3O2S3. The molecule has 0 saturated carbocycles. The molecule has 23 heavy (non-hydrogen) atoms. The minimum Gasteiger partial charge on any atom is -0.325 e. The summed E-state index contributed by atoms with van der Waals surface area (Å²) in [7, 11) is 0. The highest BCUT2D eigenvalue weighted by Gasteiger charge is 2.17. The van der Waals surface area contributed by atoms with Gasteiger partial charge >= 0.3 is 0 Å². The van der Waals surface area contributed by atoms with E-state index < -0.39 is 0 Å². The first-order valence-electron chi connectivity index (χ1n) is 7.04. The molecule has 1 amide bonds. The number of aromatic nitrogens is 2. The van der Waals surface area contributed by atoms with E-state index in [2.05, 4.69) is 22.4 Å². The number of ketones is 1. The van der Waals surface area contributed by atoms with Crippen LogP contribution in [0.15, 0.2) is 32.9 Å². The van der Waals surface area contributed by atoms with E-state index in [1.165, 1.54) is 30.0 Å². The summed E-state index contributed by atoms with van der Waals surface area (Å²) in [6.45, 7) is 5.41. The van der Waals surface area contributed by atoms with Crippen LogP contribution < -0.4 is 5.32 Å². The Morgan fingerprint density at radius 2 is 1.87 bits per heavy atom. The Bertz CT molecular complexity index is 686. The first-order chi connectivity index (χ1) is 11.0. The van der Waals surface area contributed by atoms with Gasteiger partial charge in [0.25, 0.3) is 0 Å². The Morgan fingerprint density at radius 3 is 2.48 bits per heavy atom. The number of carbonyl (C=O) groups is 2. The molecule has 0 fully saturated rings. The van der Waals surface area contributed by atoms with E-state index >= 15 is 0 Å². The van der Waals surface area contributed by atoms with Crippen molar-refractivity contribution in [2.45, 2.75) is 34.7 Å². The van der Waals surface area contributed by atoms with E-state index in [0.29, 0.717) is 11.3 Å². The van der Waals surface area contributed by atoms with Crippen LogP contribution in [0, 0.1) is 0 Å². The number of thioether (sulfide) groups is 2. The number of benzene rings is 1. The van der Waals surface area contributed by atoms with Crippen molar-refractivity contribution in [1.82, 2.24) is 10.2 Å². The van der Waals surface area contributed by atoms with Crippen molar-refractivity contribution in [3.05, 3.63) is 29.8 Å².